The zero-order valence-corrected chi connectivity index (χ0v) is 18.5. The van der Waals surface area contributed by atoms with E-state index in [4.69, 9.17) is 9.15 Å². The van der Waals surface area contributed by atoms with Gasteiger partial charge in [-0.15, -0.1) is 0 Å². The van der Waals surface area contributed by atoms with E-state index in [1.165, 1.54) is 6.07 Å². The summed E-state index contributed by atoms with van der Waals surface area (Å²) in [7, 11) is 0. The number of halogens is 3. The van der Waals surface area contributed by atoms with Crippen molar-refractivity contribution in [1.29, 1.82) is 0 Å². The van der Waals surface area contributed by atoms with Crippen LogP contribution in [0, 0.1) is 17.5 Å². The number of furan rings is 1. The Labute approximate surface area is 193 Å². The Morgan fingerprint density at radius 1 is 1.03 bits per heavy atom. The van der Waals surface area contributed by atoms with Crippen LogP contribution in [0.3, 0.4) is 0 Å². The number of benzene rings is 3. The third-order valence-corrected chi connectivity index (χ3v) is 5.79. The Balaban J connectivity index is 1.61. The number of ether oxygens (including phenoxy) is 1. The van der Waals surface area contributed by atoms with Crippen molar-refractivity contribution in [1.82, 2.24) is 5.43 Å². The molecule has 4 aromatic rings. The van der Waals surface area contributed by atoms with Gasteiger partial charge in [0.2, 0.25) is 0 Å². The molecule has 5 nitrogen and oxygen atoms in total. The first-order valence-corrected chi connectivity index (χ1v) is 10.9. The molecule has 0 spiro atoms. The molecule has 2 heterocycles. The highest BCUT2D eigenvalue weighted by Crippen LogP contribution is 2.39. The third kappa shape index (κ3) is 3.65. The molecule has 1 aromatic heterocycles. The largest absolute Gasteiger partial charge is 0.489 e. The van der Waals surface area contributed by atoms with Crippen molar-refractivity contribution in [3.05, 3.63) is 83.4 Å². The highest BCUT2D eigenvalue weighted by atomic mass is 19.2. The standard InChI is InChI=1S/C26H21F3N2O3/c1-14(2)22-17-7-5-6-16(18-12-15(27)13-19(28)23(18)29)24(17)34-25(22)26(32)30-31-10-11-33-21-9-4-3-8-20(21)31/h3-9,12-14H,10-11H2,1-2H3,(H,30,32). The van der Waals surface area contributed by atoms with Gasteiger partial charge in [-0.25, -0.2) is 13.2 Å². The summed E-state index contributed by atoms with van der Waals surface area (Å²) in [5.41, 5.74) is 4.26. The van der Waals surface area contributed by atoms with E-state index in [1.807, 2.05) is 38.1 Å². The molecule has 0 fully saturated rings. The van der Waals surface area contributed by atoms with Crippen molar-refractivity contribution in [2.24, 2.45) is 0 Å². The van der Waals surface area contributed by atoms with E-state index in [1.54, 1.807) is 17.1 Å². The zero-order valence-electron chi connectivity index (χ0n) is 18.5. The van der Waals surface area contributed by atoms with Crippen LogP contribution in [0.5, 0.6) is 5.75 Å². The topological polar surface area (TPSA) is 54.7 Å². The minimum absolute atomic E-state index is 0.0544. The Kier molecular flexibility index (Phi) is 5.43. The number of hydrazine groups is 1. The van der Waals surface area contributed by atoms with Crippen molar-refractivity contribution in [3.8, 4) is 16.9 Å². The smallest absolute Gasteiger partial charge is 0.305 e. The van der Waals surface area contributed by atoms with Gasteiger partial charge in [-0.1, -0.05) is 44.2 Å². The molecule has 0 atom stereocenters. The van der Waals surface area contributed by atoms with E-state index in [0.717, 1.165) is 6.07 Å². The summed E-state index contributed by atoms with van der Waals surface area (Å²) < 4.78 is 54.0. The predicted octanol–water partition coefficient (Wildman–Crippen LogP) is 6.18. The Hall–Kier alpha value is -3.94. The lowest BCUT2D eigenvalue weighted by molar-refractivity contribution is 0.0917. The molecule has 1 amide bonds. The van der Waals surface area contributed by atoms with Gasteiger partial charge in [0.1, 0.15) is 23.8 Å². The second-order valence-corrected chi connectivity index (χ2v) is 8.34. The number of amides is 1. The number of anilines is 1. The predicted molar refractivity (Wildman–Crippen MR) is 122 cm³/mol. The van der Waals surface area contributed by atoms with Gasteiger partial charge in [0, 0.05) is 28.1 Å². The monoisotopic (exact) mass is 466 g/mol. The number of para-hydroxylation sites is 3. The number of carbonyl (C=O) groups is 1. The molecule has 0 saturated heterocycles. The van der Waals surface area contributed by atoms with Gasteiger partial charge in [0.05, 0.1) is 12.2 Å². The van der Waals surface area contributed by atoms with E-state index in [0.29, 0.717) is 41.6 Å². The SMILES string of the molecule is CC(C)c1c(C(=O)NN2CCOc3ccccc32)oc2c(-c3cc(F)cc(F)c3F)cccc12. The number of fused-ring (bicyclic) bond motifs is 2. The molecule has 0 unspecified atom stereocenters. The summed E-state index contributed by atoms with van der Waals surface area (Å²) in [5, 5.41) is 2.25. The molecule has 0 radical (unpaired) electrons. The summed E-state index contributed by atoms with van der Waals surface area (Å²) in [4.78, 5) is 13.4. The first-order chi connectivity index (χ1) is 16.3. The van der Waals surface area contributed by atoms with E-state index >= 15 is 0 Å². The maximum atomic E-state index is 14.6. The lowest BCUT2D eigenvalue weighted by Crippen LogP contribution is -2.46. The minimum atomic E-state index is -1.30. The molecule has 8 heteroatoms. The number of carbonyl (C=O) groups excluding carboxylic acids is 1. The first-order valence-electron chi connectivity index (χ1n) is 10.9. The van der Waals surface area contributed by atoms with Crippen LogP contribution < -0.4 is 15.2 Å². The number of nitrogens with one attached hydrogen (secondary N) is 1. The van der Waals surface area contributed by atoms with Crippen LogP contribution in [0.4, 0.5) is 18.9 Å². The molecule has 174 valence electrons. The van der Waals surface area contributed by atoms with Crippen LogP contribution in [0.1, 0.15) is 35.9 Å². The van der Waals surface area contributed by atoms with Gasteiger partial charge in [0.25, 0.3) is 0 Å². The molecule has 1 N–H and O–H groups in total. The summed E-state index contributed by atoms with van der Waals surface area (Å²) >= 11 is 0. The maximum Gasteiger partial charge on any atom is 0.305 e. The van der Waals surface area contributed by atoms with E-state index in [-0.39, 0.29) is 28.4 Å². The second-order valence-electron chi connectivity index (χ2n) is 8.34. The van der Waals surface area contributed by atoms with E-state index < -0.39 is 23.4 Å². The van der Waals surface area contributed by atoms with Gasteiger partial charge in [-0.05, 0) is 24.1 Å². The minimum Gasteiger partial charge on any atom is -0.489 e. The molecule has 0 saturated carbocycles. The van der Waals surface area contributed by atoms with Gasteiger partial charge < -0.3 is 9.15 Å². The molecule has 5 rings (SSSR count). The zero-order chi connectivity index (χ0) is 24.0. The quantitative estimate of drug-likeness (QED) is 0.365. The Morgan fingerprint density at radius 2 is 1.82 bits per heavy atom. The lowest BCUT2D eigenvalue weighted by atomic mass is 9.96. The lowest BCUT2D eigenvalue weighted by Gasteiger charge is -2.30. The molecule has 3 aromatic carbocycles. The molecular formula is C26H21F3N2O3. The van der Waals surface area contributed by atoms with Crippen molar-refractivity contribution in [2.45, 2.75) is 19.8 Å². The average Bonchev–Trinajstić information content (AvgIpc) is 3.22. The van der Waals surface area contributed by atoms with Crippen LogP contribution in [0.2, 0.25) is 0 Å². The van der Waals surface area contributed by atoms with Crippen molar-refractivity contribution in [2.75, 3.05) is 18.2 Å². The highest BCUT2D eigenvalue weighted by Gasteiger charge is 2.28. The summed E-state index contributed by atoms with van der Waals surface area (Å²) in [6.45, 7) is 4.63. The number of rotatable bonds is 4. The van der Waals surface area contributed by atoms with Crippen LogP contribution in [0.25, 0.3) is 22.1 Å². The fourth-order valence-electron chi connectivity index (χ4n) is 4.30. The van der Waals surface area contributed by atoms with Gasteiger partial charge in [-0.3, -0.25) is 15.2 Å². The van der Waals surface area contributed by atoms with Crippen molar-refractivity contribution in [3.63, 3.8) is 0 Å². The van der Waals surface area contributed by atoms with E-state index in [9.17, 15) is 18.0 Å². The Morgan fingerprint density at radius 3 is 2.62 bits per heavy atom. The summed E-state index contributed by atoms with van der Waals surface area (Å²) in [6, 6.07) is 13.6. The normalized spacial score (nSPS) is 13.2. The average molecular weight is 466 g/mol. The molecule has 34 heavy (non-hydrogen) atoms. The Bertz CT molecular complexity index is 1410. The molecule has 0 aliphatic carbocycles. The first kappa shape index (κ1) is 21.9. The third-order valence-electron chi connectivity index (χ3n) is 5.79. The summed E-state index contributed by atoms with van der Waals surface area (Å²) in [5.74, 6) is -3.31. The van der Waals surface area contributed by atoms with Crippen molar-refractivity contribution >= 4 is 22.6 Å². The maximum absolute atomic E-state index is 14.6. The van der Waals surface area contributed by atoms with Crippen LogP contribution >= 0.6 is 0 Å². The van der Waals surface area contributed by atoms with Crippen LogP contribution in [0.15, 0.2) is 59.0 Å². The number of hydrogen-bond donors (Lipinski definition) is 1. The van der Waals surface area contributed by atoms with Crippen LogP contribution in [-0.4, -0.2) is 19.1 Å². The van der Waals surface area contributed by atoms with Gasteiger partial charge >= 0.3 is 5.91 Å². The summed E-state index contributed by atoms with van der Waals surface area (Å²) in [6.07, 6.45) is 0. The number of nitrogens with zero attached hydrogens (tertiary/aromatic N) is 1. The van der Waals surface area contributed by atoms with Crippen molar-refractivity contribution < 1.29 is 27.1 Å². The molecular weight excluding hydrogens is 445 g/mol. The highest BCUT2D eigenvalue weighted by molar-refractivity contribution is 6.03. The van der Waals surface area contributed by atoms with E-state index in [2.05, 4.69) is 5.43 Å². The van der Waals surface area contributed by atoms with Gasteiger partial charge in [0.15, 0.2) is 17.4 Å². The molecule has 1 aliphatic rings. The second kappa shape index (κ2) is 8.44. The number of hydrogen-bond acceptors (Lipinski definition) is 4. The fraction of sp³-hybridized carbons (Fsp3) is 0.192. The molecule has 0 bridgehead atoms. The van der Waals surface area contributed by atoms with Crippen LogP contribution in [-0.2, 0) is 0 Å². The molecule has 1 aliphatic heterocycles. The van der Waals surface area contributed by atoms with Gasteiger partial charge in [-0.2, -0.15) is 0 Å². The fourth-order valence-corrected chi connectivity index (χ4v) is 4.30.